The highest BCUT2D eigenvalue weighted by Crippen LogP contribution is 2.23. The Labute approximate surface area is 104 Å². The molecule has 1 amide bonds. The molecule has 0 aliphatic carbocycles. The predicted octanol–water partition coefficient (Wildman–Crippen LogP) is 1.56. The first kappa shape index (κ1) is 13.8. The first-order chi connectivity index (χ1) is 7.48. The SMILES string of the molecule is CC(C)(CO)CCCN1CC(CS)CC1=O. The highest BCUT2D eigenvalue weighted by molar-refractivity contribution is 7.80. The number of likely N-dealkylation sites (tertiary alicyclic amines) is 1. The van der Waals surface area contributed by atoms with Gasteiger partial charge in [0.25, 0.3) is 0 Å². The second-order valence-electron chi connectivity index (χ2n) is 5.52. The van der Waals surface area contributed by atoms with Crippen LogP contribution in [0, 0.1) is 11.3 Å². The van der Waals surface area contributed by atoms with E-state index in [1.807, 2.05) is 4.90 Å². The Morgan fingerprint density at radius 2 is 2.25 bits per heavy atom. The maximum absolute atomic E-state index is 11.6. The largest absolute Gasteiger partial charge is 0.396 e. The fourth-order valence-corrected chi connectivity index (χ4v) is 2.26. The van der Waals surface area contributed by atoms with Gasteiger partial charge in [0.1, 0.15) is 0 Å². The van der Waals surface area contributed by atoms with Crippen LogP contribution in [-0.2, 0) is 4.79 Å². The fraction of sp³-hybridized carbons (Fsp3) is 0.917. The Balaban J connectivity index is 2.26. The Bertz CT molecular complexity index is 243. The number of aliphatic hydroxyl groups is 1. The van der Waals surface area contributed by atoms with Crippen LogP contribution in [-0.4, -0.2) is 41.4 Å². The zero-order valence-electron chi connectivity index (χ0n) is 10.3. The Morgan fingerprint density at radius 3 is 2.75 bits per heavy atom. The van der Waals surface area contributed by atoms with E-state index in [0.29, 0.717) is 12.3 Å². The Kier molecular flexibility index (Phi) is 5.12. The van der Waals surface area contributed by atoms with E-state index in [1.54, 1.807) is 0 Å². The molecule has 0 saturated carbocycles. The molecule has 1 aliphatic heterocycles. The van der Waals surface area contributed by atoms with Crippen molar-refractivity contribution in [2.75, 3.05) is 25.4 Å². The zero-order valence-corrected chi connectivity index (χ0v) is 11.2. The molecule has 0 radical (unpaired) electrons. The van der Waals surface area contributed by atoms with Gasteiger partial charge >= 0.3 is 0 Å². The van der Waals surface area contributed by atoms with E-state index < -0.39 is 0 Å². The summed E-state index contributed by atoms with van der Waals surface area (Å²) >= 11 is 4.24. The first-order valence-electron chi connectivity index (χ1n) is 5.98. The summed E-state index contributed by atoms with van der Waals surface area (Å²) in [6.07, 6.45) is 2.59. The van der Waals surface area contributed by atoms with Gasteiger partial charge in [0.2, 0.25) is 5.91 Å². The monoisotopic (exact) mass is 245 g/mol. The third-order valence-corrected chi connectivity index (χ3v) is 3.78. The molecule has 1 N–H and O–H groups in total. The van der Waals surface area contributed by atoms with Crippen molar-refractivity contribution in [1.82, 2.24) is 4.90 Å². The van der Waals surface area contributed by atoms with Crippen molar-refractivity contribution < 1.29 is 9.90 Å². The zero-order chi connectivity index (χ0) is 12.2. The Hall–Kier alpha value is -0.220. The summed E-state index contributed by atoms with van der Waals surface area (Å²) in [5.41, 5.74) is -0.0221. The van der Waals surface area contributed by atoms with Crippen molar-refractivity contribution >= 4 is 18.5 Å². The quantitative estimate of drug-likeness (QED) is 0.697. The van der Waals surface area contributed by atoms with Crippen molar-refractivity contribution in [2.45, 2.75) is 33.1 Å². The minimum atomic E-state index is -0.0221. The molecule has 1 fully saturated rings. The number of carbonyl (C=O) groups excluding carboxylic acids is 1. The summed E-state index contributed by atoms with van der Waals surface area (Å²) in [7, 11) is 0. The molecule has 16 heavy (non-hydrogen) atoms. The molecule has 4 heteroatoms. The summed E-state index contributed by atoms with van der Waals surface area (Å²) in [5.74, 6) is 1.49. The highest BCUT2D eigenvalue weighted by atomic mass is 32.1. The number of hydrogen-bond acceptors (Lipinski definition) is 3. The molecule has 0 aromatic rings. The van der Waals surface area contributed by atoms with E-state index in [0.717, 1.165) is 31.7 Å². The molecule has 0 aromatic carbocycles. The molecule has 1 heterocycles. The Morgan fingerprint density at radius 1 is 1.56 bits per heavy atom. The van der Waals surface area contributed by atoms with Crippen molar-refractivity contribution in [3.8, 4) is 0 Å². The van der Waals surface area contributed by atoms with Crippen LogP contribution in [0.5, 0.6) is 0 Å². The van der Waals surface area contributed by atoms with E-state index >= 15 is 0 Å². The van der Waals surface area contributed by atoms with Gasteiger partial charge in [-0.3, -0.25) is 4.79 Å². The number of hydrogen-bond donors (Lipinski definition) is 2. The van der Waals surface area contributed by atoms with Gasteiger partial charge < -0.3 is 10.0 Å². The van der Waals surface area contributed by atoms with E-state index in [2.05, 4.69) is 26.5 Å². The van der Waals surface area contributed by atoms with E-state index in [1.165, 1.54) is 0 Å². The minimum absolute atomic E-state index is 0.0221. The molecule has 0 aromatic heterocycles. The second-order valence-corrected chi connectivity index (χ2v) is 5.88. The van der Waals surface area contributed by atoms with Gasteiger partial charge in [0.05, 0.1) is 0 Å². The predicted molar refractivity (Wildman–Crippen MR) is 68.6 cm³/mol. The van der Waals surface area contributed by atoms with Crippen LogP contribution in [0.2, 0.25) is 0 Å². The third kappa shape index (κ3) is 3.98. The van der Waals surface area contributed by atoms with Gasteiger partial charge in [-0.15, -0.1) is 0 Å². The summed E-state index contributed by atoms with van der Waals surface area (Å²) < 4.78 is 0. The van der Waals surface area contributed by atoms with Crippen LogP contribution >= 0.6 is 12.6 Å². The lowest BCUT2D eigenvalue weighted by atomic mass is 9.89. The smallest absolute Gasteiger partial charge is 0.222 e. The summed E-state index contributed by atoms with van der Waals surface area (Å²) in [6.45, 7) is 6.00. The molecule has 94 valence electrons. The molecule has 1 atom stereocenters. The van der Waals surface area contributed by atoms with Crippen LogP contribution in [0.1, 0.15) is 33.1 Å². The van der Waals surface area contributed by atoms with Gasteiger partial charge in [-0.1, -0.05) is 13.8 Å². The van der Waals surface area contributed by atoms with Crippen LogP contribution < -0.4 is 0 Å². The molecule has 1 rings (SSSR count). The summed E-state index contributed by atoms with van der Waals surface area (Å²) in [5, 5.41) is 9.13. The average molecular weight is 245 g/mol. The number of amides is 1. The first-order valence-corrected chi connectivity index (χ1v) is 6.61. The van der Waals surface area contributed by atoms with Crippen LogP contribution in [0.4, 0.5) is 0 Å². The lowest BCUT2D eigenvalue weighted by Crippen LogP contribution is -2.28. The van der Waals surface area contributed by atoms with E-state index in [4.69, 9.17) is 5.11 Å². The lowest BCUT2D eigenvalue weighted by molar-refractivity contribution is -0.127. The van der Waals surface area contributed by atoms with Gasteiger partial charge in [-0.25, -0.2) is 0 Å². The van der Waals surface area contributed by atoms with Crippen molar-refractivity contribution in [1.29, 1.82) is 0 Å². The molecule has 1 aliphatic rings. The molecule has 0 bridgehead atoms. The van der Waals surface area contributed by atoms with Crippen LogP contribution in [0.25, 0.3) is 0 Å². The number of rotatable bonds is 6. The maximum atomic E-state index is 11.6. The number of carbonyl (C=O) groups is 1. The molecular formula is C12H23NO2S. The van der Waals surface area contributed by atoms with E-state index in [-0.39, 0.29) is 17.9 Å². The van der Waals surface area contributed by atoms with Crippen molar-refractivity contribution in [2.24, 2.45) is 11.3 Å². The molecule has 0 spiro atoms. The van der Waals surface area contributed by atoms with Crippen LogP contribution in [0.15, 0.2) is 0 Å². The average Bonchev–Trinajstić information content (AvgIpc) is 2.60. The molecule has 3 nitrogen and oxygen atoms in total. The molecule has 1 unspecified atom stereocenters. The number of thiol groups is 1. The van der Waals surface area contributed by atoms with E-state index in [9.17, 15) is 4.79 Å². The van der Waals surface area contributed by atoms with Crippen molar-refractivity contribution in [3.05, 3.63) is 0 Å². The fourth-order valence-electron chi connectivity index (χ4n) is 2.02. The van der Waals surface area contributed by atoms with Gasteiger partial charge in [0, 0.05) is 26.1 Å². The van der Waals surface area contributed by atoms with Gasteiger partial charge in [-0.2, -0.15) is 12.6 Å². The standard InChI is InChI=1S/C12H23NO2S/c1-12(2,9-14)4-3-5-13-7-10(8-16)6-11(13)15/h10,14,16H,3-9H2,1-2H3. The maximum Gasteiger partial charge on any atom is 0.222 e. The number of nitrogens with zero attached hydrogens (tertiary/aromatic N) is 1. The highest BCUT2D eigenvalue weighted by Gasteiger charge is 2.28. The minimum Gasteiger partial charge on any atom is -0.396 e. The number of aliphatic hydroxyl groups excluding tert-OH is 1. The van der Waals surface area contributed by atoms with Gasteiger partial charge in [0.15, 0.2) is 0 Å². The lowest BCUT2D eigenvalue weighted by Gasteiger charge is -2.23. The molecular weight excluding hydrogens is 222 g/mol. The second kappa shape index (κ2) is 5.92. The normalized spacial score (nSPS) is 21.9. The third-order valence-electron chi connectivity index (χ3n) is 3.26. The van der Waals surface area contributed by atoms with Crippen molar-refractivity contribution in [3.63, 3.8) is 0 Å². The summed E-state index contributed by atoms with van der Waals surface area (Å²) in [6, 6.07) is 0. The van der Waals surface area contributed by atoms with Crippen LogP contribution in [0.3, 0.4) is 0 Å². The summed E-state index contributed by atoms with van der Waals surface area (Å²) in [4.78, 5) is 13.6. The van der Waals surface area contributed by atoms with Gasteiger partial charge in [-0.05, 0) is 29.9 Å². The topological polar surface area (TPSA) is 40.5 Å². The molecule has 1 saturated heterocycles.